The van der Waals surface area contributed by atoms with E-state index in [1.165, 1.54) is 61.3 Å². The lowest BCUT2D eigenvalue weighted by atomic mass is 9.96. The lowest BCUT2D eigenvalue weighted by Gasteiger charge is -2.22. The zero-order valence-electron chi connectivity index (χ0n) is 17.0. The molecule has 3 aromatic rings. The molecular formula is C26H30ClNO. The molecule has 0 aliphatic heterocycles. The summed E-state index contributed by atoms with van der Waals surface area (Å²) in [6, 6.07) is 21.4. The average molecular weight is 408 g/mol. The van der Waals surface area contributed by atoms with Gasteiger partial charge >= 0.3 is 0 Å². The molecule has 0 spiro atoms. The van der Waals surface area contributed by atoms with Crippen molar-refractivity contribution in [2.45, 2.75) is 64.1 Å². The Morgan fingerprint density at radius 2 is 1.66 bits per heavy atom. The molecule has 3 aromatic carbocycles. The van der Waals surface area contributed by atoms with Gasteiger partial charge in [-0.05, 0) is 47.4 Å². The fourth-order valence-corrected chi connectivity index (χ4v) is 4.54. The number of rotatable bonds is 6. The van der Waals surface area contributed by atoms with Crippen LogP contribution in [0.25, 0.3) is 10.8 Å². The van der Waals surface area contributed by atoms with Crippen LogP contribution in [-0.4, -0.2) is 6.04 Å². The van der Waals surface area contributed by atoms with Gasteiger partial charge in [-0.15, -0.1) is 0 Å². The minimum Gasteiger partial charge on any atom is -0.489 e. The molecule has 1 fully saturated rings. The molecular weight excluding hydrogens is 378 g/mol. The van der Waals surface area contributed by atoms with Crippen molar-refractivity contribution < 1.29 is 4.74 Å². The molecule has 0 radical (unpaired) electrons. The number of benzene rings is 3. The molecule has 0 bridgehead atoms. The molecule has 3 heteroatoms. The molecule has 0 saturated heterocycles. The number of hydrogen-bond acceptors (Lipinski definition) is 2. The highest BCUT2D eigenvalue weighted by Crippen LogP contribution is 2.29. The second-order valence-corrected chi connectivity index (χ2v) is 8.54. The second kappa shape index (κ2) is 10.1. The molecule has 2 nitrogen and oxygen atoms in total. The van der Waals surface area contributed by atoms with Crippen LogP contribution in [0.3, 0.4) is 0 Å². The van der Waals surface area contributed by atoms with Crippen molar-refractivity contribution in [2.75, 3.05) is 0 Å². The zero-order chi connectivity index (χ0) is 19.9. The van der Waals surface area contributed by atoms with E-state index < -0.39 is 0 Å². The van der Waals surface area contributed by atoms with Crippen LogP contribution < -0.4 is 10.1 Å². The summed E-state index contributed by atoms with van der Waals surface area (Å²) in [5, 5.41) is 7.12. The highest BCUT2D eigenvalue weighted by Gasteiger charge is 2.14. The summed E-state index contributed by atoms with van der Waals surface area (Å²) in [4.78, 5) is 0. The first-order valence-corrected chi connectivity index (χ1v) is 11.3. The van der Waals surface area contributed by atoms with E-state index in [4.69, 9.17) is 16.3 Å². The van der Waals surface area contributed by atoms with Crippen LogP contribution in [0.2, 0.25) is 5.02 Å². The standard InChI is InChI=1S/C26H30ClNO/c27-22-11-8-9-20(17-22)19-29-26-16-15-21-10-6-7-14-24(21)25(26)18-28-23-12-4-2-1-3-5-13-23/h6-11,14-17,23,28H,1-5,12-13,18-19H2. The smallest absolute Gasteiger partial charge is 0.124 e. The van der Waals surface area contributed by atoms with Crippen LogP contribution in [0, 0.1) is 0 Å². The van der Waals surface area contributed by atoms with Crippen molar-refractivity contribution in [3.8, 4) is 5.75 Å². The van der Waals surface area contributed by atoms with Gasteiger partial charge in [0, 0.05) is 23.2 Å². The maximum absolute atomic E-state index is 6.27. The Balaban J connectivity index is 1.53. The number of fused-ring (bicyclic) bond motifs is 1. The lowest BCUT2D eigenvalue weighted by molar-refractivity contribution is 0.301. The molecule has 0 heterocycles. The van der Waals surface area contributed by atoms with Crippen LogP contribution in [0.4, 0.5) is 0 Å². The van der Waals surface area contributed by atoms with Gasteiger partial charge in [0.1, 0.15) is 12.4 Å². The van der Waals surface area contributed by atoms with Crippen molar-refractivity contribution in [1.82, 2.24) is 5.32 Å². The second-order valence-electron chi connectivity index (χ2n) is 8.10. The van der Waals surface area contributed by atoms with Gasteiger partial charge in [0.15, 0.2) is 0 Å². The maximum Gasteiger partial charge on any atom is 0.124 e. The van der Waals surface area contributed by atoms with E-state index >= 15 is 0 Å². The molecule has 0 unspecified atom stereocenters. The fourth-order valence-electron chi connectivity index (χ4n) is 4.33. The average Bonchev–Trinajstić information content (AvgIpc) is 2.72. The Bertz CT molecular complexity index is 931. The molecule has 1 saturated carbocycles. The Kier molecular flexibility index (Phi) is 7.08. The van der Waals surface area contributed by atoms with E-state index in [1.54, 1.807) is 0 Å². The Morgan fingerprint density at radius 1 is 0.862 bits per heavy atom. The van der Waals surface area contributed by atoms with Crippen molar-refractivity contribution in [1.29, 1.82) is 0 Å². The minimum absolute atomic E-state index is 0.523. The summed E-state index contributed by atoms with van der Waals surface area (Å²) in [6.07, 6.45) is 9.39. The fraction of sp³-hybridized carbons (Fsp3) is 0.385. The molecule has 0 atom stereocenters. The topological polar surface area (TPSA) is 21.3 Å². The summed E-state index contributed by atoms with van der Waals surface area (Å²) in [5.74, 6) is 0.960. The van der Waals surface area contributed by atoms with Crippen LogP contribution >= 0.6 is 11.6 Å². The minimum atomic E-state index is 0.523. The predicted octanol–water partition coefficient (Wildman–Crippen LogP) is 7.27. The van der Waals surface area contributed by atoms with Crippen molar-refractivity contribution in [2.24, 2.45) is 0 Å². The van der Waals surface area contributed by atoms with Gasteiger partial charge in [-0.1, -0.05) is 86.2 Å². The quantitative estimate of drug-likeness (QED) is 0.463. The van der Waals surface area contributed by atoms with Crippen molar-refractivity contribution in [3.05, 3.63) is 76.8 Å². The third kappa shape index (κ3) is 5.52. The van der Waals surface area contributed by atoms with Gasteiger partial charge in [0.05, 0.1) is 0 Å². The van der Waals surface area contributed by atoms with Gasteiger partial charge in [-0.2, -0.15) is 0 Å². The molecule has 152 valence electrons. The lowest BCUT2D eigenvalue weighted by Crippen LogP contribution is -2.29. The molecule has 1 N–H and O–H groups in total. The SMILES string of the molecule is Clc1cccc(COc2ccc3ccccc3c2CNC2CCCCCCC2)c1. The third-order valence-corrected chi connectivity index (χ3v) is 6.19. The van der Waals surface area contributed by atoms with E-state index in [1.807, 2.05) is 18.2 Å². The van der Waals surface area contributed by atoms with Crippen LogP contribution in [0.5, 0.6) is 5.75 Å². The Morgan fingerprint density at radius 3 is 2.48 bits per heavy atom. The third-order valence-electron chi connectivity index (χ3n) is 5.95. The number of halogens is 1. The van der Waals surface area contributed by atoms with E-state index in [9.17, 15) is 0 Å². The molecule has 4 rings (SSSR count). The highest BCUT2D eigenvalue weighted by molar-refractivity contribution is 6.30. The van der Waals surface area contributed by atoms with E-state index in [-0.39, 0.29) is 0 Å². The largest absolute Gasteiger partial charge is 0.489 e. The first kappa shape index (κ1) is 20.3. The maximum atomic E-state index is 6.27. The molecule has 0 aromatic heterocycles. The van der Waals surface area contributed by atoms with Crippen LogP contribution in [-0.2, 0) is 13.2 Å². The first-order chi connectivity index (χ1) is 14.3. The van der Waals surface area contributed by atoms with Gasteiger partial charge in [-0.3, -0.25) is 0 Å². The predicted molar refractivity (Wildman–Crippen MR) is 123 cm³/mol. The number of nitrogens with one attached hydrogen (secondary N) is 1. The van der Waals surface area contributed by atoms with Crippen molar-refractivity contribution in [3.63, 3.8) is 0 Å². The van der Waals surface area contributed by atoms with Gasteiger partial charge in [-0.25, -0.2) is 0 Å². The summed E-state index contributed by atoms with van der Waals surface area (Å²) >= 11 is 6.13. The number of ether oxygens (including phenoxy) is 1. The van der Waals surface area contributed by atoms with Gasteiger partial charge < -0.3 is 10.1 Å². The number of hydrogen-bond donors (Lipinski definition) is 1. The van der Waals surface area contributed by atoms with Crippen molar-refractivity contribution >= 4 is 22.4 Å². The molecule has 29 heavy (non-hydrogen) atoms. The Hall–Kier alpha value is -2.03. The summed E-state index contributed by atoms with van der Waals surface area (Å²) in [7, 11) is 0. The van der Waals surface area contributed by atoms with Gasteiger partial charge in [0.2, 0.25) is 0 Å². The highest BCUT2D eigenvalue weighted by atomic mass is 35.5. The van der Waals surface area contributed by atoms with E-state index in [0.29, 0.717) is 12.6 Å². The normalized spacial score (nSPS) is 15.8. The summed E-state index contributed by atoms with van der Waals surface area (Å²) in [5.41, 5.74) is 2.34. The molecule has 1 aliphatic carbocycles. The first-order valence-electron chi connectivity index (χ1n) is 10.9. The summed E-state index contributed by atoms with van der Waals surface area (Å²) in [6.45, 7) is 1.37. The monoisotopic (exact) mass is 407 g/mol. The molecule has 0 amide bonds. The Labute approximate surface area is 179 Å². The zero-order valence-corrected chi connectivity index (χ0v) is 17.8. The van der Waals surface area contributed by atoms with Crippen LogP contribution in [0.1, 0.15) is 56.1 Å². The molecule has 1 aliphatic rings. The summed E-state index contributed by atoms with van der Waals surface area (Å²) < 4.78 is 6.27. The van der Waals surface area contributed by atoms with E-state index in [2.05, 4.69) is 47.8 Å². The van der Waals surface area contributed by atoms with Crippen LogP contribution in [0.15, 0.2) is 60.7 Å². The van der Waals surface area contributed by atoms with Gasteiger partial charge in [0.25, 0.3) is 0 Å². The van der Waals surface area contributed by atoms with E-state index in [0.717, 1.165) is 22.9 Å².